The van der Waals surface area contributed by atoms with Crippen molar-refractivity contribution in [2.24, 2.45) is 12.0 Å². The highest BCUT2D eigenvalue weighted by molar-refractivity contribution is 9.10. The molecule has 0 radical (unpaired) electrons. The summed E-state index contributed by atoms with van der Waals surface area (Å²) in [5.41, 5.74) is 2.68. The molecule has 7 nitrogen and oxygen atoms in total. The van der Waals surface area contributed by atoms with Gasteiger partial charge in [-0.1, -0.05) is 40.0 Å². The van der Waals surface area contributed by atoms with Gasteiger partial charge in [0.1, 0.15) is 17.1 Å². The van der Waals surface area contributed by atoms with Gasteiger partial charge in [-0.2, -0.15) is 5.10 Å². The number of rotatable bonds is 11. The third-order valence-electron chi connectivity index (χ3n) is 5.89. The molecule has 4 rings (SSSR count). The molecule has 0 aliphatic rings. The van der Waals surface area contributed by atoms with Gasteiger partial charge < -0.3 is 13.9 Å². The van der Waals surface area contributed by atoms with Crippen LogP contribution in [0.3, 0.4) is 0 Å². The van der Waals surface area contributed by atoms with Crippen LogP contribution in [0.1, 0.15) is 42.5 Å². The molecule has 194 valence electrons. The Hall–Kier alpha value is -3.10. The minimum Gasteiger partial charge on any atom is -0.492 e. The third kappa shape index (κ3) is 7.02. The molecule has 0 spiro atoms. The first kappa shape index (κ1) is 26.9. The van der Waals surface area contributed by atoms with Crippen LogP contribution in [0, 0.1) is 13.8 Å². The Balaban J connectivity index is 1.22. The summed E-state index contributed by atoms with van der Waals surface area (Å²) in [4.78, 5) is 16.2. The van der Waals surface area contributed by atoms with Gasteiger partial charge in [0.25, 0.3) is 0 Å². The van der Waals surface area contributed by atoms with E-state index in [1.54, 1.807) is 16.8 Å². The van der Waals surface area contributed by atoms with Crippen molar-refractivity contribution >= 4 is 44.7 Å². The van der Waals surface area contributed by atoms with Crippen LogP contribution < -0.4 is 15.1 Å². The zero-order valence-corrected chi connectivity index (χ0v) is 23.4. The van der Waals surface area contributed by atoms with Crippen LogP contribution in [-0.4, -0.2) is 29.1 Å². The first-order chi connectivity index (χ1) is 17.8. The van der Waals surface area contributed by atoms with Gasteiger partial charge in [-0.05, 0) is 62.9 Å². The van der Waals surface area contributed by atoms with E-state index in [-0.39, 0.29) is 5.63 Å². The maximum Gasteiger partial charge on any atom is 0.336 e. The summed E-state index contributed by atoms with van der Waals surface area (Å²) in [6.45, 7) is 5.07. The Morgan fingerprint density at radius 1 is 1.14 bits per heavy atom. The molecule has 0 aliphatic heterocycles. The maximum atomic E-state index is 11.6. The zero-order valence-electron chi connectivity index (χ0n) is 21.1. The van der Waals surface area contributed by atoms with E-state index in [0.29, 0.717) is 28.8 Å². The Labute approximate surface area is 229 Å². The van der Waals surface area contributed by atoms with Crippen LogP contribution in [0.2, 0.25) is 5.02 Å². The quantitative estimate of drug-likeness (QED) is 0.104. The lowest BCUT2D eigenvalue weighted by Crippen LogP contribution is -2.01. The number of benzene rings is 2. The Morgan fingerprint density at radius 2 is 1.95 bits per heavy atom. The molecule has 0 N–H and O–H groups in total. The molecule has 0 saturated heterocycles. The fourth-order valence-electron chi connectivity index (χ4n) is 3.99. The van der Waals surface area contributed by atoms with Crippen molar-refractivity contribution in [2.75, 3.05) is 13.2 Å². The van der Waals surface area contributed by atoms with E-state index >= 15 is 0 Å². The van der Waals surface area contributed by atoms with Crippen molar-refractivity contribution in [3.8, 4) is 17.4 Å². The molecule has 0 saturated carbocycles. The van der Waals surface area contributed by atoms with Gasteiger partial charge in [0, 0.05) is 41.8 Å². The predicted molar refractivity (Wildman–Crippen MR) is 151 cm³/mol. The van der Waals surface area contributed by atoms with Crippen molar-refractivity contribution < 1.29 is 13.9 Å². The van der Waals surface area contributed by atoms with Crippen LogP contribution in [-0.2, 0) is 7.05 Å². The van der Waals surface area contributed by atoms with Crippen molar-refractivity contribution in [1.29, 1.82) is 0 Å². The SMILES string of the molecule is Cc1nn(C)c(Oc2cccc(Br)c2)c1C=NCCCCCCOc1cc2oc(=O)cc(C)c2cc1Cl. The third-order valence-corrected chi connectivity index (χ3v) is 6.68. The van der Waals surface area contributed by atoms with Crippen LogP contribution >= 0.6 is 27.5 Å². The molecule has 9 heteroatoms. The molecule has 37 heavy (non-hydrogen) atoms. The Bertz CT molecular complexity index is 1480. The molecule has 2 aromatic heterocycles. The molecule has 0 aliphatic carbocycles. The fraction of sp³-hybridized carbons (Fsp3) is 0.321. The minimum atomic E-state index is -0.382. The highest BCUT2D eigenvalue weighted by Crippen LogP contribution is 2.31. The summed E-state index contributed by atoms with van der Waals surface area (Å²) in [7, 11) is 1.86. The molecule has 0 atom stereocenters. The van der Waals surface area contributed by atoms with E-state index in [9.17, 15) is 4.79 Å². The predicted octanol–water partition coefficient (Wildman–Crippen LogP) is 7.41. The molecule has 0 amide bonds. The molecular formula is C28H29BrClN3O4. The molecule has 4 aromatic rings. The molecule has 0 unspecified atom stereocenters. The van der Waals surface area contributed by atoms with Crippen LogP contribution in [0.25, 0.3) is 11.0 Å². The van der Waals surface area contributed by atoms with Gasteiger partial charge in [-0.15, -0.1) is 0 Å². The molecule has 2 heterocycles. The van der Waals surface area contributed by atoms with Gasteiger partial charge >= 0.3 is 5.63 Å². The average molecular weight is 587 g/mol. The fourth-order valence-corrected chi connectivity index (χ4v) is 4.59. The second-order valence-corrected chi connectivity index (χ2v) is 10.1. The summed E-state index contributed by atoms with van der Waals surface area (Å²) >= 11 is 9.83. The molecule has 0 bridgehead atoms. The minimum absolute atomic E-state index is 0.382. The number of aryl methyl sites for hydroxylation is 3. The number of nitrogens with zero attached hydrogens (tertiary/aromatic N) is 3. The molecule has 0 fully saturated rings. The second kappa shape index (κ2) is 12.4. The van der Waals surface area contributed by atoms with Crippen LogP contribution in [0.5, 0.6) is 17.4 Å². The van der Waals surface area contributed by atoms with Crippen molar-refractivity contribution in [1.82, 2.24) is 9.78 Å². The highest BCUT2D eigenvalue weighted by atomic mass is 79.9. The first-order valence-corrected chi connectivity index (χ1v) is 13.3. The van der Waals surface area contributed by atoms with Crippen molar-refractivity contribution in [2.45, 2.75) is 39.5 Å². The number of hydrogen-bond acceptors (Lipinski definition) is 6. The lowest BCUT2D eigenvalue weighted by molar-refractivity contribution is 0.305. The van der Waals surface area contributed by atoms with E-state index in [2.05, 4.69) is 26.0 Å². The smallest absolute Gasteiger partial charge is 0.336 e. The topological polar surface area (TPSA) is 78.8 Å². The number of unbranched alkanes of at least 4 members (excludes halogenated alkanes) is 3. The van der Waals surface area contributed by atoms with E-state index in [4.69, 9.17) is 25.5 Å². The van der Waals surface area contributed by atoms with Crippen molar-refractivity contribution in [3.05, 3.63) is 79.2 Å². The first-order valence-electron chi connectivity index (χ1n) is 12.2. The molecule has 2 aromatic carbocycles. The zero-order chi connectivity index (χ0) is 26.4. The second-order valence-electron chi connectivity index (χ2n) is 8.81. The van der Waals surface area contributed by atoms with Gasteiger partial charge in [0.2, 0.25) is 5.88 Å². The van der Waals surface area contributed by atoms with E-state index in [1.165, 1.54) is 6.07 Å². The summed E-state index contributed by atoms with van der Waals surface area (Å²) < 4.78 is 19.9. The number of hydrogen-bond donors (Lipinski definition) is 0. The summed E-state index contributed by atoms with van der Waals surface area (Å²) in [6.07, 6.45) is 5.76. The van der Waals surface area contributed by atoms with Crippen LogP contribution in [0.4, 0.5) is 0 Å². The van der Waals surface area contributed by atoms with Gasteiger partial charge in [-0.25, -0.2) is 9.48 Å². The Kier molecular flexibility index (Phi) is 9.05. The summed E-state index contributed by atoms with van der Waals surface area (Å²) in [6, 6.07) is 12.6. The van der Waals surface area contributed by atoms with E-state index < -0.39 is 0 Å². The lowest BCUT2D eigenvalue weighted by Gasteiger charge is -2.09. The standard InChI is InChI=1S/C28H29BrClN3O4/c1-18-13-27(34)37-25-16-26(24(30)15-22(18)25)35-12-7-5-4-6-11-31-17-23-19(2)32-33(3)28(23)36-21-10-8-9-20(29)14-21/h8-10,13-17H,4-7,11-12H2,1-3H3. The van der Waals surface area contributed by atoms with Crippen molar-refractivity contribution in [3.63, 3.8) is 0 Å². The Morgan fingerprint density at radius 3 is 2.76 bits per heavy atom. The van der Waals surface area contributed by atoms with Crippen LogP contribution in [0.15, 0.2) is 61.1 Å². The number of aliphatic imine (C=N–C) groups is 1. The normalized spacial score (nSPS) is 11.5. The summed E-state index contributed by atoms with van der Waals surface area (Å²) in [5.74, 6) is 1.93. The van der Waals surface area contributed by atoms with Gasteiger partial charge in [0.15, 0.2) is 0 Å². The number of halogens is 2. The van der Waals surface area contributed by atoms with Gasteiger partial charge in [-0.3, -0.25) is 4.99 Å². The lowest BCUT2D eigenvalue weighted by atomic mass is 10.1. The average Bonchev–Trinajstić information content (AvgIpc) is 3.10. The number of fused-ring (bicyclic) bond motifs is 1. The monoisotopic (exact) mass is 585 g/mol. The molecular weight excluding hydrogens is 558 g/mol. The van der Waals surface area contributed by atoms with E-state index in [1.807, 2.05) is 51.4 Å². The highest BCUT2D eigenvalue weighted by Gasteiger charge is 2.14. The number of ether oxygens (including phenoxy) is 2. The summed E-state index contributed by atoms with van der Waals surface area (Å²) in [5, 5.41) is 5.80. The van der Waals surface area contributed by atoms with E-state index in [0.717, 1.165) is 64.7 Å². The number of aromatic nitrogens is 2. The largest absolute Gasteiger partial charge is 0.492 e. The van der Waals surface area contributed by atoms with Gasteiger partial charge in [0.05, 0.1) is 22.9 Å². The maximum absolute atomic E-state index is 11.6.